The third-order valence-corrected chi connectivity index (χ3v) is 12.8. The van der Waals surface area contributed by atoms with Crippen LogP contribution in [0.2, 0.25) is 39.3 Å². The minimum atomic E-state index is -1.49. The molecule has 0 saturated heterocycles. The lowest BCUT2D eigenvalue weighted by molar-refractivity contribution is 1.62. The zero-order valence-electron chi connectivity index (χ0n) is 24.4. The third kappa shape index (κ3) is 3.85. The molecule has 0 amide bonds. The molecule has 0 spiro atoms. The van der Waals surface area contributed by atoms with Crippen molar-refractivity contribution in [1.29, 1.82) is 0 Å². The van der Waals surface area contributed by atoms with Crippen LogP contribution in [0.4, 0.5) is 0 Å². The third-order valence-electron chi connectivity index (χ3n) is 8.69. The molecule has 6 aromatic carbocycles. The average molecular weight is 549 g/mol. The molecule has 2 heteroatoms. The van der Waals surface area contributed by atoms with Gasteiger partial charge in [-0.25, -0.2) is 0 Å². The molecule has 0 aliphatic heterocycles. The maximum absolute atomic E-state index is 2.49. The van der Waals surface area contributed by atoms with E-state index in [0.29, 0.717) is 0 Å². The first-order chi connectivity index (χ1) is 19.1. The van der Waals surface area contributed by atoms with Crippen molar-refractivity contribution < 1.29 is 0 Å². The lowest BCUT2D eigenvalue weighted by Gasteiger charge is -2.23. The molecule has 40 heavy (non-hydrogen) atoms. The molecular weight excluding hydrogens is 513 g/mol. The van der Waals surface area contributed by atoms with Crippen molar-refractivity contribution in [2.75, 3.05) is 0 Å². The first kappa shape index (κ1) is 25.3. The van der Waals surface area contributed by atoms with Gasteiger partial charge in [0.2, 0.25) is 0 Å². The first-order valence-electron chi connectivity index (χ1n) is 14.5. The SMILES string of the molecule is C[Si](C)(C)c1cccc(-c2c3c(c(-c4cccc([Si](C)(C)C)c4)c4ccccc24)-c2cccc4cccc-3c24)c1. The second-order valence-electron chi connectivity index (χ2n) is 13.4. The number of hydrogen-bond acceptors (Lipinski definition) is 0. The monoisotopic (exact) mass is 548 g/mol. The van der Waals surface area contributed by atoms with Crippen molar-refractivity contribution >= 4 is 48.1 Å². The minimum absolute atomic E-state index is 1.32. The van der Waals surface area contributed by atoms with Gasteiger partial charge in [0, 0.05) is 0 Å². The number of benzene rings is 6. The Morgan fingerprint density at radius 3 is 1.25 bits per heavy atom. The Bertz CT molecular complexity index is 1830. The van der Waals surface area contributed by atoms with Gasteiger partial charge in [-0.1, -0.05) is 159 Å². The van der Waals surface area contributed by atoms with E-state index in [2.05, 4.69) is 148 Å². The van der Waals surface area contributed by atoms with Gasteiger partial charge in [0.05, 0.1) is 16.1 Å². The fourth-order valence-electron chi connectivity index (χ4n) is 6.62. The van der Waals surface area contributed by atoms with E-state index in [1.54, 1.807) is 0 Å². The second-order valence-corrected chi connectivity index (χ2v) is 23.6. The topological polar surface area (TPSA) is 0 Å². The Kier molecular flexibility index (Phi) is 5.61. The van der Waals surface area contributed by atoms with Crippen molar-refractivity contribution in [3.63, 3.8) is 0 Å². The van der Waals surface area contributed by atoms with Crippen molar-refractivity contribution in [3.8, 4) is 44.5 Å². The summed E-state index contributed by atoms with van der Waals surface area (Å²) in [6.45, 7) is 14.7. The molecular formula is C38H36Si2. The number of rotatable bonds is 4. The maximum Gasteiger partial charge on any atom is 0.0776 e. The van der Waals surface area contributed by atoms with E-state index in [0.717, 1.165) is 0 Å². The average Bonchev–Trinajstić information content (AvgIpc) is 3.26. The first-order valence-corrected chi connectivity index (χ1v) is 21.5. The van der Waals surface area contributed by atoms with Crippen LogP contribution < -0.4 is 10.4 Å². The van der Waals surface area contributed by atoms with Crippen molar-refractivity contribution in [1.82, 2.24) is 0 Å². The highest BCUT2D eigenvalue weighted by Gasteiger charge is 2.31. The molecule has 0 saturated carbocycles. The zero-order chi connectivity index (χ0) is 27.8. The smallest absolute Gasteiger partial charge is 0.0656 e. The highest BCUT2D eigenvalue weighted by Crippen LogP contribution is 2.57. The van der Waals surface area contributed by atoms with Crippen LogP contribution in [0.3, 0.4) is 0 Å². The predicted molar refractivity (Wildman–Crippen MR) is 183 cm³/mol. The number of hydrogen-bond donors (Lipinski definition) is 0. The lowest BCUT2D eigenvalue weighted by atomic mass is 9.82. The maximum atomic E-state index is 2.49. The summed E-state index contributed by atoms with van der Waals surface area (Å²) in [6.07, 6.45) is 0. The molecule has 7 rings (SSSR count). The summed E-state index contributed by atoms with van der Waals surface area (Å²) in [5, 5.41) is 8.39. The van der Waals surface area contributed by atoms with Crippen LogP contribution in [0.25, 0.3) is 66.1 Å². The van der Waals surface area contributed by atoms with Gasteiger partial charge in [0.25, 0.3) is 0 Å². The van der Waals surface area contributed by atoms with Crippen LogP contribution in [-0.4, -0.2) is 16.1 Å². The van der Waals surface area contributed by atoms with Crippen LogP contribution in [0.5, 0.6) is 0 Å². The van der Waals surface area contributed by atoms with E-state index in [1.807, 2.05) is 0 Å². The molecule has 0 N–H and O–H groups in total. The molecule has 0 nitrogen and oxygen atoms in total. The summed E-state index contributed by atoms with van der Waals surface area (Å²) in [5.74, 6) is 0. The van der Waals surface area contributed by atoms with Crippen LogP contribution in [0, 0.1) is 0 Å². The highest BCUT2D eigenvalue weighted by atomic mass is 28.3. The summed E-state index contributed by atoms with van der Waals surface area (Å²) in [4.78, 5) is 0. The van der Waals surface area contributed by atoms with E-state index >= 15 is 0 Å². The van der Waals surface area contributed by atoms with Crippen LogP contribution in [-0.2, 0) is 0 Å². The molecule has 0 heterocycles. The molecule has 196 valence electrons. The highest BCUT2D eigenvalue weighted by molar-refractivity contribution is 6.89. The van der Waals surface area contributed by atoms with Gasteiger partial charge in [-0.15, -0.1) is 0 Å². The van der Waals surface area contributed by atoms with Crippen molar-refractivity contribution in [2.45, 2.75) is 39.3 Å². The summed E-state index contributed by atoms with van der Waals surface area (Å²) in [7, 11) is -2.97. The molecule has 0 unspecified atom stereocenters. The fourth-order valence-corrected chi connectivity index (χ4v) is 8.99. The van der Waals surface area contributed by atoms with E-state index in [4.69, 9.17) is 0 Å². The van der Waals surface area contributed by atoms with Crippen LogP contribution in [0.1, 0.15) is 0 Å². The van der Waals surface area contributed by atoms with Gasteiger partial charge in [-0.05, 0) is 66.1 Å². The quantitative estimate of drug-likeness (QED) is 0.192. The molecule has 1 aliphatic carbocycles. The van der Waals surface area contributed by atoms with Gasteiger partial charge < -0.3 is 0 Å². The standard InChI is InChI=1S/C38H36Si2/c1-39(2,3)28-17-9-15-26(23-28)35-30-19-7-8-20-31(30)36(27-16-10-18-29(24-27)40(4,5)6)38-33-22-12-14-25-13-11-21-32(34(25)33)37(35)38/h7-24H,1-6H3. The van der Waals surface area contributed by atoms with Gasteiger partial charge in [-0.2, -0.15) is 0 Å². The summed E-state index contributed by atoms with van der Waals surface area (Å²) in [6, 6.07) is 41.7. The van der Waals surface area contributed by atoms with E-state index in [-0.39, 0.29) is 0 Å². The van der Waals surface area contributed by atoms with E-state index in [1.165, 1.54) is 76.4 Å². The largest absolute Gasteiger partial charge is 0.0776 e. The minimum Gasteiger partial charge on any atom is -0.0656 e. The van der Waals surface area contributed by atoms with E-state index < -0.39 is 16.1 Å². The van der Waals surface area contributed by atoms with Crippen LogP contribution in [0.15, 0.2) is 109 Å². The van der Waals surface area contributed by atoms with Crippen molar-refractivity contribution in [3.05, 3.63) is 109 Å². The lowest BCUT2D eigenvalue weighted by Crippen LogP contribution is -2.37. The zero-order valence-corrected chi connectivity index (χ0v) is 26.4. The summed E-state index contributed by atoms with van der Waals surface area (Å²) in [5.41, 5.74) is 10.9. The second kappa shape index (κ2) is 8.89. The summed E-state index contributed by atoms with van der Waals surface area (Å²) >= 11 is 0. The predicted octanol–water partition coefficient (Wildman–Crippen LogP) is 10.1. The van der Waals surface area contributed by atoms with Gasteiger partial charge in [-0.3, -0.25) is 0 Å². The van der Waals surface area contributed by atoms with Gasteiger partial charge in [0.1, 0.15) is 0 Å². The van der Waals surface area contributed by atoms with Crippen molar-refractivity contribution in [2.24, 2.45) is 0 Å². The Hall–Kier alpha value is -3.73. The fraction of sp³-hybridized carbons (Fsp3) is 0.158. The van der Waals surface area contributed by atoms with Gasteiger partial charge >= 0.3 is 0 Å². The molecule has 6 aromatic rings. The summed E-state index contributed by atoms with van der Waals surface area (Å²) < 4.78 is 0. The molecule has 0 atom stereocenters. The van der Waals surface area contributed by atoms with Gasteiger partial charge in [0.15, 0.2) is 0 Å². The van der Waals surface area contributed by atoms with Crippen LogP contribution >= 0.6 is 0 Å². The molecule has 0 fully saturated rings. The Morgan fingerprint density at radius 1 is 0.400 bits per heavy atom. The normalized spacial score (nSPS) is 12.8. The Labute approximate surface area is 240 Å². The molecule has 0 aromatic heterocycles. The molecule has 0 radical (unpaired) electrons. The van der Waals surface area contributed by atoms with E-state index in [9.17, 15) is 0 Å². The Morgan fingerprint density at radius 2 is 0.825 bits per heavy atom. The Balaban J connectivity index is 1.68. The molecule has 1 aliphatic rings. The number of fused-ring (bicyclic) bond motifs is 4. The molecule has 0 bridgehead atoms.